The van der Waals surface area contributed by atoms with Crippen LogP contribution in [-0.2, 0) is 10.0 Å². The van der Waals surface area contributed by atoms with Gasteiger partial charge in [0.1, 0.15) is 0 Å². The van der Waals surface area contributed by atoms with Crippen molar-refractivity contribution in [1.29, 1.82) is 0 Å². The van der Waals surface area contributed by atoms with Gasteiger partial charge in [0.25, 0.3) is 5.91 Å². The molecular weight excluding hydrogens is 439 g/mol. The maximum Gasteiger partial charge on any atom is 0.257 e. The quantitative estimate of drug-likeness (QED) is 0.699. The molecule has 0 unspecified atom stereocenters. The number of halogens is 2. The predicted molar refractivity (Wildman–Crippen MR) is 97.0 cm³/mol. The van der Waals surface area contributed by atoms with Gasteiger partial charge in [-0.3, -0.25) is 9.52 Å². The van der Waals surface area contributed by atoms with Gasteiger partial charge in [0, 0.05) is 14.3 Å². The minimum absolute atomic E-state index is 0.150. The summed E-state index contributed by atoms with van der Waals surface area (Å²) in [5.74, 6) is -0.448. The first-order valence-electron chi connectivity index (χ1n) is 6.09. The number of nitrogens with one attached hydrogen (secondary N) is 2. The Bertz CT molecular complexity index is 825. The molecule has 0 saturated heterocycles. The Morgan fingerprint density at radius 1 is 1.18 bits per heavy atom. The monoisotopic (exact) mass is 450 g/mol. The van der Waals surface area contributed by atoms with Gasteiger partial charge in [-0.05, 0) is 59.0 Å². The average molecular weight is 451 g/mol. The average Bonchev–Trinajstić information content (AvgIpc) is 2.39. The molecule has 1 amide bonds. The molecule has 8 heteroatoms. The number of sulfonamides is 1. The van der Waals surface area contributed by atoms with E-state index >= 15 is 0 Å². The molecule has 5 nitrogen and oxygen atoms in total. The number of hydrogen-bond acceptors (Lipinski definition) is 3. The summed E-state index contributed by atoms with van der Waals surface area (Å²) >= 11 is 8.03. The van der Waals surface area contributed by atoms with Crippen molar-refractivity contribution in [2.45, 2.75) is 0 Å². The van der Waals surface area contributed by atoms with E-state index in [1.807, 2.05) is 12.1 Å². The summed E-state index contributed by atoms with van der Waals surface area (Å²) < 4.78 is 26.0. The molecule has 2 aromatic carbocycles. The number of carbonyl (C=O) groups is 1. The van der Waals surface area contributed by atoms with Gasteiger partial charge in [0.2, 0.25) is 10.0 Å². The highest BCUT2D eigenvalue weighted by molar-refractivity contribution is 14.1. The highest BCUT2D eigenvalue weighted by atomic mass is 127. The number of amides is 1. The second-order valence-corrected chi connectivity index (χ2v) is 7.96. The standard InChI is InChI=1S/C14H12ClIN2O3S/c1-22(20,21)18-13-6-5-9(15)7-12(13)14(19)17-11-4-2-3-10(16)8-11/h2-8,18H,1H3,(H,17,19). The molecule has 0 saturated carbocycles. The van der Waals surface area contributed by atoms with Crippen LogP contribution in [0.3, 0.4) is 0 Å². The van der Waals surface area contributed by atoms with Crippen molar-refractivity contribution in [2.75, 3.05) is 16.3 Å². The molecule has 2 N–H and O–H groups in total. The molecule has 2 rings (SSSR count). The normalized spacial score (nSPS) is 11.0. The first-order chi connectivity index (χ1) is 10.2. The van der Waals surface area contributed by atoms with Crippen LogP contribution in [0.15, 0.2) is 42.5 Å². The first-order valence-corrected chi connectivity index (χ1v) is 9.44. The Morgan fingerprint density at radius 2 is 1.91 bits per heavy atom. The fourth-order valence-corrected chi connectivity index (χ4v) is 3.05. The lowest BCUT2D eigenvalue weighted by Gasteiger charge is -2.12. The summed E-state index contributed by atoms with van der Waals surface area (Å²) in [6, 6.07) is 11.6. The van der Waals surface area contributed by atoms with Crippen molar-refractivity contribution >= 4 is 61.5 Å². The summed E-state index contributed by atoms with van der Waals surface area (Å²) in [4.78, 5) is 12.4. The lowest BCUT2D eigenvalue weighted by Crippen LogP contribution is -2.17. The summed E-state index contributed by atoms with van der Waals surface area (Å²) in [6.45, 7) is 0. The molecule has 0 atom stereocenters. The molecule has 0 aromatic heterocycles. The van der Waals surface area contributed by atoms with Gasteiger partial charge in [-0.25, -0.2) is 8.42 Å². The molecular formula is C14H12ClIN2O3S. The summed E-state index contributed by atoms with van der Waals surface area (Å²) in [5, 5.41) is 3.05. The van der Waals surface area contributed by atoms with Crippen LogP contribution >= 0.6 is 34.2 Å². The van der Waals surface area contributed by atoms with Gasteiger partial charge < -0.3 is 5.32 Å². The number of carbonyl (C=O) groups excluding carboxylic acids is 1. The third-order valence-corrected chi connectivity index (χ3v) is 4.10. The Balaban J connectivity index is 2.34. The number of anilines is 2. The van der Waals surface area contributed by atoms with Crippen molar-refractivity contribution < 1.29 is 13.2 Å². The van der Waals surface area contributed by atoms with E-state index in [2.05, 4.69) is 32.6 Å². The third-order valence-electron chi connectivity index (χ3n) is 2.60. The van der Waals surface area contributed by atoms with E-state index in [-0.39, 0.29) is 11.3 Å². The molecule has 0 bridgehead atoms. The maximum atomic E-state index is 12.4. The number of rotatable bonds is 4. The number of benzene rings is 2. The van der Waals surface area contributed by atoms with Crippen LogP contribution in [-0.4, -0.2) is 20.6 Å². The Hall–Kier alpha value is -1.32. The highest BCUT2D eigenvalue weighted by Gasteiger charge is 2.15. The molecule has 0 aliphatic rings. The van der Waals surface area contributed by atoms with Crippen LogP contribution in [0, 0.1) is 3.57 Å². The van der Waals surface area contributed by atoms with Crippen LogP contribution in [0.1, 0.15) is 10.4 Å². The van der Waals surface area contributed by atoms with Crippen molar-refractivity contribution in [3.8, 4) is 0 Å². The Morgan fingerprint density at radius 3 is 2.55 bits per heavy atom. The van der Waals surface area contributed by atoms with Crippen LogP contribution in [0.4, 0.5) is 11.4 Å². The summed E-state index contributed by atoms with van der Waals surface area (Å²) in [6.07, 6.45) is 1.02. The summed E-state index contributed by atoms with van der Waals surface area (Å²) in [7, 11) is -3.50. The SMILES string of the molecule is CS(=O)(=O)Nc1ccc(Cl)cc1C(=O)Nc1cccc(I)c1. The van der Waals surface area contributed by atoms with E-state index in [1.165, 1.54) is 18.2 Å². The lowest BCUT2D eigenvalue weighted by molar-refractivity contribution is 0.102. The number of hydrogen-bond donors (Lipinski definition) is 2. The molecule has 0 radical (unpaired) electrons. The smallest absolute Gasteiger partial charge is 0.257 e. The van der Waals surface area contributed by atoms with Crippen LogP contribution in [0.2, 0.25) is 5.02 Å². The van der Waals surface area contributed by atoms with Crippen LogP contribution in [0.5, 0.6) is 0 Å². The van der Waals surface area contributed by atoms with Gasteiger partial charge >= 0.3 is 0 Å². The van der Waals surface area contributed by atoms with Crippen LogP contribution < -0.4 is 10.0 Å². The van der Waals surface area contributed by atoms with E-state index in [0.29, 0.717) is 10.7 Å². The van der Waals surface area contributed by atoms with Crippen LogP contribution in [0.25, 0.3) is 0 Å². The Kier molecular flexibility index (Phi) is 5.30. The molecule has 0 aliphatic heterocycles. The predicted octanol–water partition coefficient (Wildman–Crippen LogP) is 3.57. The van der Waals surface area contributed by atoms with Crippen molar-refractivity contribution in [3.63, 3.8) is 0 Å². The topological polar surface area (TPSA) is 75.3 Å². The second-order valence-electron chi connectivity index (χ2n) is 4.53. The molecule has 0 spiro atoms. The maximum absolute atomic E-state index is 12.4. The third kappa shape index (κ3) is 4.85. The lowest BCUT2D eigenvalue weighted by atomic mass is 10.1. The van der Waals surface area contributed by atoms with Gasteiger partial charge in [-0.15, -0.1) is 0 Å². The van der Waals surface area contributed by atoms with Gasteiger partial charge in [-0.1, -0.05) is 17.7 Å². The van der Waals surface area contributed by atoms with E-state index in [0.717, 1.165) is 9.83 Å². The van der Waals surface area contributed by atoms with Gasteiger partial charge in [0.15, 0.2) is 0 Å². The minimum atomic E-state index is -3.50. The van der Waals surface area contributed by atoms with Gasteiger partial charge in [-0.2, -0.15) is 0 Å². The van der Waals surface area contributed by atoms with E-state index in [1.54, 1.807) is 12.1 Å². The zero-order valence-electron chi connectivity index (χ0n) is 11.4. The molecule has 2 aromatic rings. The zero-order valence-corrected chi connectivity index (χ0v) is 15.2. The Labute approximate surface area is 147 Å². The molecule has 0 aliphatic carbocycles. The fraction of sp³-hybridized carbons (Fsp3) is 0.0714. The van der Waals surface area contributed by atoms with Crippen molar-refractivity contribution in [3.05, 3.63) is 56.6 Å². The highest BCUT2D eigenvalue weighted by Crippen LogP contribution is 2.23. The van der Waals surface area contributed by atoms with E-state index in [9.17, 15) is 13.2 Å². The molecule has 116 valence electrons. The molecule has 22 heavy (non-hydrogen) atoms. The van der Waals surface area contributed by atoms with E-state index in [4.69, 9.17) is 11.6 Å². The van der Waals surface area contributed by atoms with Crippen molar-refractivity contribution in [1.82, 2.24) is 0 Å². The van der Waals surface area contributed by atoms with Crippen molar-refractivity contribution in [2.24, 2.45) is 0 Å². The summed E-state index contributed by atoms with van der Waals surface area (Å²) in [5.41, 5.74) is 0.939. The minimum Gasteiger partial charge on any atom is -0.322 e. The second kappa shape index (κ2) is 6.84. The van der Waals surface area contributed by atoms with E-state index < -0.39 is 15.9 Å². The first kappa shape index (κ1) is 17.0. The zero-order chi connectivity index (χ0) is 16.3. The fourth-order valence-electron chi connectivity index (χ4n) is 1.76. The molecule has 0 heterocycles. The van der Waals surface area contributed by atoms with Gasteiger partial charge in [0.05, 0.1) is 17.5 Å². The largest absolute Gasteiger partial charge is 0.322 e. The molecule has 0 fully saturated rings.